The number of nitrogens with one attached hydrogen (secondary N) is 1. The minimum atomic E-state index is -0.122. The van der Waals surface area contributed by atoms with E-state index in [2.05, 4.69) is 17.4 Å². The fourth-order valence-corrected chi connectivity index (χ4v) is 3.69. The number of aromatic hydroxyl groups is 1. The van der Waals surface area contributed by atoms with E-state index in [-0.39, 0.29) is 17.6 Å². The molecule has 0 aromatic heterocycles. The number of carbonyl (C=O) groups excluding carboxylic acids is 1. The van der Waals surface area contributed by atoms with Gasteiger partial charge in [-0.15, -0.1) is 0 Å². The molecule has 1 unspecified atom stereocenters. The molecule has 3 heteroatoms. The lowest BCUT2D eigenvalue weighted by atomic mass is 9.85. The van der Waals surface area contributed by atoms with Gasteiger partial charge in [0.25, 0.3) is 0 Å². The number of phenols is 1. The topological polar surface area (TPSA) is 49.3 Å². The van der Waals surface area contributed by atoms with Gasteiger partial charge >= 0.3 is 0 Å². The molecule has 0 amide bonds. The summed E-state index contributed by atoms with van der Waals surface area (Å²) in [6.45, 7) is 2.34. The Hall–Kier alpha value is -2.65. The predicted octanol–water partition coefficient (Wildman–Crippen LogP) is 3.98. The molecule has 1 aliphatic rings. The van der Waals surface area contributed by atoms with Crippen LogP contribution < -0.4 is 5.32 Å². The molecule has 3 aromatic carbocycles. The number of benzene rings is 3. The van der Waals surface area contributed by atoms with Crippen molar-refractivity contribution >= 4 is 16.6 Å². The summed E-state index contributed by atoms with van der Waals surface area (Å²) in [5.41, 5.74) is 3.64. The summed E-state index contributed by atoms with van der Waals surface area (Å²) in [7, 11) is 0. The number of hydrogen-bond donors (Lipinski definition) is 2. The van der Waals surface area contributed by atoms with Gasteiger partial charge in [-0.1, -0.05) is 48.5 Å². The van der Waals surface area contributed by atoms with E-state index < -0.39 is 0 Å². The zero-order valence-electron chi connectivity index (χ0n) is 13.5. The first kappa shape index (κ1) is 14.9. The van der Waals surface area contributed by atoms with Crippen LogP contribution in [0.1, 0.15) is 40.0 Å². The number of ketones is 1. The van der Waals surface area contributed by atoms with Gasteiger partial charge in [-0.05, 0) is 41.3 Å². The molecule has 4 rings (SSSR count). The molecule has 24 heavy (non-hydrogen) atoms. The second-order valence-electron chi connectivity index (χ2n) is 6.30. The predicted molar refractivity (Wildman–Crippen MR) is 95.6 cm³/mol. The molecule has 3 aromatic rings. The molecule has 0 saturated heterocycles. The van der Waals surface area contributed by atoms with Crippen LogP contribution in [-0.4, -0.2) is 17.4 Å². The van der Waals surface area contributed by atoms with E-state index in [0.717, 1.165) is 29.3 Å². The van der Waals surface area contributed by atoms with Gasteiger partial charge in [0.2, 0.25) is 0 Å². The molecular formula is C21H19NO2. The Morgan fingerprint density at radius 3 is 2.71 bits per heavy atom. The average molecular weight is 317 g/mol. The van der Waals surface area contributed by atoms with E-state index in [1.165, 1.54) is 18.1 Å². The highest BCUT2D eigenvalue weighted by Crippen LogP contribution is 2.40. The highest BCUT2D eigenvalue weighted by Gasteiger charge is 2.27. The Labute approximate surface area is 140 Å². The molecule has 0 fully saturated rings. The summed E-state index contributed by atoms with van der Waals surface area (Å²) in [4.78, 5) is 12.0. The molecule has 120 valence electrons. The zero-order chi connectivity index (χ0) is 16.7. The molecule has 1 heterocycles. The summed E-state index contributed by atoms with van der Waals surface area (Å²) >= 11 is 0. The molecule has 2 N–H and O–H groups in total. The lowest BCUT2D eigenvalue weighted by Gasteiger charge is -2.29. The molecule has 0 spiro atoms. The van der Waals surface area contributed by atoms with Crippen LogP contribution in [0.25, 0.3) is 10.8 Å². The van der Waals surface area contributed by atoms with Crippen LogP contribution in [0.2, 0.25) is 0 Å². The summed E-state index contributed by atoms with van der Waals surface area (Å²) < 4.78 is 0. The minimum Gasteiger partial charge on any atom is -0.507 e. The summed E-state index contributed by atoms with van der Waals surface area (Å²) in [6.07, 6.45) is 0.970. The van der Waals surface area contributed by atoms with Gasteiger partial charge in [0.05, 0.1) is 11.6 Å². The number of fused-ring (bicyclic) bond motifs is 2. The standard InChI is InChI=1S/C21H19NO2/c1-13(23)18-12-15-7-3-4-8-16(15)19(21(18)24)20-17-9-5-2-6-14(17)10-11-22-20/h2-9,12,20,22,24H,10-11H2,1H3. The van der Waals surface area contributed by atoms with Crippen LogP contribution in [0.5, 0.6) is 5.75 Å². The molecule has 0 radical (unpaired) electrons. The molecule has 0 bridgehead atoms. The van der Waals surface area contributed by atoms with E-state index >= 15 is 0 Å². The van der Waals surface area contributed by atoms with Crippen LogP contribution in [0, 0.1) is 0 Å². The van der Waals surface area contributed by atoms with Crippen LogP contribution in [0.3, 0.4) is 0 Å². The Morgan fingerprint density at radius 2 is 1.88 bits per heavy atom. The van der Waals surface area contributed by atoms with Gasteiger partial charge in [0.15, 0.2) is 5.78 Å². The average Bonchev–Trinajstić information content (AvgIpc) is 2.61. The Morgan fingerprint density at radius 1 is 1.12 bits per heavy atom. The molecular weight excluding hydrogens is 298 g/mol. The summed E-state index contributed by atoms with van der Waals surface area (Å²) in [6, 6.07) is 17.9. The van der Waals surface area contributed by atoms with Gasteiger partial charge in [0, 0.05) is 12.1 Å². The highest BCUT2D eigenvalue weighted by molar-refractivity contribution is 6.03. The second-order valence-corrected chi connectivity index (χ2v) is 6.30. The normalized spacial score (nSPS) is 16.8. The van der Waals surface area contributed by atoms with Crippen LogP contribution >= 0.6 is 0 Å². The fourth-order valence-electron chi connectivity index (χ4n) is 3.69. The van der Waals surface area contributed by atoms with Crippen molar-refractivity contribution in [3.05, 3.63) is 76.9 Å². The first-order valence-corrected chi connectivity index (χ1v) is 8.23. The van der Waals surface area contributed by atoms with Crippen molar-refractivity contribution in [2.24, 2.45) is 0 Å². The van der Waals surface area contributed by atoms with Gasteiger partial charge in [0.1, 0.15) is 5.75 Å². The van der Waals surface area contributed by atoms with Crippen molar-refractivity contribution in [3.8, 4) is 5.75 Å². The fraction of sp³-hybridized carbons (Fsp3) is 0.190. The van der Waals surface area contributed by atoms with Gasteiger partial charge in [-0.2, -0.15) is 0 Å². The van der Waals surface area contributed by atoms with E-state index in [4.69, 9.17) is 0 Å². The van der Waals surface area contributed by atoms with E-state index in [1.807, 2.05) is 36.4 Å². The summed E-state index contributed by atoms with van der Waals surface area (Å²) in [5.74, 6) is -0.0287. The molecule has 1 aliphatic heterocycles. The third-order valence-electron chi connectivity index (χ3n) is 4.84. The smallest absolute Gasteiger partial charge is 0.163 e. The van der Waals surface area contributed by atoms with E-state index in [0.29, 0.717) is 5.56 Å². The van der Waals surface area contributed by atoms with Crippen molar-refractivity contribution in [1.82, 2.24) is 5.32 Å². The van der Waals surface area contributed by atoms with Gasteiger partial charge in [-0.3, -0.25) is 4.79 Å². The number of rotatable bonds is 2. The molecule has 0 aliphatic carbocycles. The third-order valence-corrected chi connectivity index (χ3v) is 4.84. The van der Waals surface area contributed by atoms with Crippen molar-refractivity contribution in [2.45, 2.75) is 19.4 Å². The molecule has 1 atom stereocenters. The maximum Gasteiger partial charge on any atom is 0.163 e. The van der Waals surface area contributed by atoms with E-state index in [9.17, 15) is 9.90 Å². The number of hydrogen-bond acceptors (Lipinski definition) is 3. The highest BCUT2D eigenvalue weighted by atomic mass is 16.3. The Balaban J connectivity index is 2.03. The maximum absolute atomic E-state index is 12.0. The van der Waals surface area contributed by atoms with Gasteiger partial charge < -0.3 is 10.4 Å². The third kappa shape index (κ3) is 2.29. The van der Waals surface area contributed by atoms with Crippen LogP contribution in [-0.2, 0) is 6.42 Å². The maximum atomic E-state index is 12.0. The van der Waals surface area contributed by atoms with E-state index in [1.54, 1.807) is 6.07 Å². The Bertz CT molecular complexity index is 946. The van der Waals surface area contributed by atoms with Crippen LogP contribution in [0.15, 0.2) is 54.6 Å². The van der Waals surface area contributed by atoms with Crippen molar-refractivity contribution in [1.29, 1.82) is 0 Å². The lowest BCUT2D eigenvalue weighted by molar-refractivity contribution is 0.101. The number of carbonyl (C=O) groups is 1. The quantitative estimate of drug-likeness (QED) is 0.703. The number of Topliss-reactive ketones (excluding diaryl/α,β-unsaturated/α-hetero) is 1. The van der Waals surface area contributed by atoms with Crippen molar-refractivity contribution in [2.75, 3.05) is 6.54 Å². The number of phenolic OH excluding ortho intramolecular Hbond substituents is 1. The second kappa shape index (κ2) is 5.77. The van der Waals surface area contributed by atoms with Crippen LogP contribution in [0.4, 0.5) is 0 Å². The molecule has 0 saturated carbocycles. The van der Waals surface area contributed by atoms with Gasteiger partial charge in [-0.25, -0.2) is 0 Å². The van der Waals surface area contributed by atoms with Crippen molar-refractivity contribution < 1.29 is 9.90 Å². The summed E-state index contributed by atoms with van der Waals surface area (Å²) in [5, 5.41) is 16.3. The molecule has 3 nitrogen and oxygen atoms in total. The largest absolute Gasteiger partial charge is 0.507 e. The lowest BCUT2D eigenvalue weighted by Crippen LogP contribution is -2.30. The van der Waals surface area contributed by atoms with Crippen molar-refractivity contribution in [3.63, 3.8) is 0 Å². The zero-order valence-corrected chi connectivity index (χ0v) is 13.5. The minimum absolute atomic E-state index is 0.0930. The first-order chi connectivity index (χ1) is 11.7. The monoisotopic (exact) mass is 317 g/mol. The SMILES string of the molecule is CC(=O)c1cc2ccccc2c(C2NCCc3ccccc32)c1O. The Kier molecular flexibility index (Phi) is 3.58. The first-order valence-electron chi connectivity index (χ1n) is 8.23.